The number of thiazole rings is 1. The van der Waals surface area contributed by atoms with Gasteiger partial charge in [0.25, 0.3) is 5.56 Å². The molecule has 0 aliphatic carbocycles. The van der Waals surface area contributed by atoms with E-state index in [-0.39, 0.29) is 5.56 Å². The molecule has 0 fully saturated rings. The van der Waals surface area contributed by atoms with E-state index in [4.69, 9.17) is 0 Å². The summed E-state index contributed by atoms with van der Waals surface area (Å²) < 4.78 is 1.69. The van der Waals surface area contributed by atoms with Crippen molar-refractivity contribution in [2.45, 2.75) is 27.3 Å². The average molecular weight is 234 g/mol. The summed E-state index contributed by atoms with van der Waals surface area (Å²) in [5.74, 6) is 0. The molecular formula is C12H14N2OS. The van der Waals surface area contributed by atoms with Gasteiger partial charge < -0.3 is 4.57 Å². The zero-order chi connectivity index (χ0) is 11.7. The van der Waals surface area contributed by atoms with Crippen LogP contribution in [0, 0.1) is 20.8 Å². The van der Waals surface area contributed by atoms with Gasteiger partial charge in [0.1, 0.15) is 5.01 Å². The van der Waals surface area contributed by atoms with Gasteiger partial charge in [-0.15, -0.1) is 11.3 Å². The van der Waals surface area contributed by atoms with Crippen LogP contribution in [0.5, 0.6) is 0 Å². The molecule has 0 saturated carbocycles. The first-order chi connectivity index (χ1) is 7.56. The van der Waals surface area contributed by atoms with Crippen LogP contribution < -0.4 is 5.56 Å². The molecule has 16 heavy (non-hydrogen) atoms. The summed E-state index contributed by atoms with van der Waals surface area (Å²) in [6.07, 6.45) is 1.82. The molecule has 2 aromatic rings. The summed E-state index contributed by atoms with van der Waals surface area (Å²) >= 11 is 1.65. The molecule has 0 amide bonds. The van der Waals surface area contributed by atoms with E-state index in [1.54, 1.807) is 22.0 Å². The molecule has 0 unspecified atom stereocenters. The molecular weight excluding hydrogens is 220 g/mol. The number of hydrogen-bond donors (Lipinski definition) is 0. The molecule has 2 rings (SSSR count). The fourth-order valence-corrected chi connectivity index (χ4v) is 2.42. The number of rotatable bonds is 2. The summed E-state index contributed by atoms with van der Waals surface area (Å²) in [7, 11) is 0. The van der Waals surface area contributed by atoms with Gasteiger partial charge in [0.2, 0.25) is 0 Å². The summed E-state index contributed by atoms with van der Waals surface area (Å²) in [5, 5.41) is 0.987. The molecule has 0 aliphatic heterocycles. The minimum atomic E-state index is 0.0329. The van der Waals surface area contributed by atoms with Gasteiger partial charge in [0.15, 0.2) is 0 Å². The molecule has 0 aromatic carbocycles. The Kier molecular flexibility index (Phi) is 2.92. The van der Waals surface area contributed by atoms with Crippen LogP contribution >= 0.6 is 11.3 Å². The third-order valence-electron chi connectivity index (χ3n) is 2.53. The topological polar surface area (TPSA) is 34.9 Å². The Morgan fingerprint density at radius 3 is 2.69 bits per heavy atom. The fourth-order valence-electron chi connectivity index (χ4n) is 1.49. The molecule has 0 saturated heterocycles. The lowest BCUT2D eigenvalue weighted by Gasteiger charge is -2.02. The van der Waals surface area contributed by atoms with Crippen LogP contribution in [0.25, 0.3) is 0 Å². The Morgan fingerprint density at radius 1 is 1.38 bits per heavy atom. The predicted molar refractivity (Wildman–Crippen MR) is 66.1 cm³/mol. The Morgan fingerprint density at radius 2 is 2.12 bits per heavy atom. The number of hydrogen-bond acceptors (Lipinski definition) is 3. The van der Waals surface area contributed by atoms with Crippen LogP contribution in [0.2, 0.25) is 0 Å². The van der Waals surface area contributed by atoms with E-state index < -0.39 is 0 Å². The van der Waals surface area contributed by atoms with Crippen molar-refractivity contribution in [2.24, 2.45) is 0 Å². The maximum Gasteiger partial charge on any atom is 0.251 e. The first-order valence-electron chi connectivity index (χ1n) is 5.16. The maximum atomic E-state index is 11.7. The lowest BCUT2D eigenvalue weighted by atomic mass is 10.3. The van der Waals surface area contributed by atoms with Crippen molar-refractivity contribution in [3.63, 3.8) is 0 Å². The summed E-state index contributed by atoms with van der Waals surface area (Å²) in [5.41, 5.74) is 2.08. The van der Waals surface area contributed by atoms with Crippen molar-refractivity contribution in [3.8, 4) is 0 Å². The van der Waals surface area contributed by atoms with Crippen molar-refractivity contribution in [3.05, 3.63) is 49.8 Å². The zero-order valence-corrected chi connectivity index (χ0v) is 10.5. The van der Waals surface area contributed by atoms with Gasteiger partial charge in [-0.3, -0.25) is 4.79 Å². The molecule has 2 heterocycles. The molecule has 0 aliphatic rings. The third-order valence-corrected chi connectivity index (χ3v) is 3.59. The standard InChI is InChI=1S/C12H14N2OS/c1-8-4-5-14(12(15)6-8)7-11-13-9(2)10(3)16-11/h4-6H,7H2,1-3H3. The van der Waals surface area contributed by atoms with E-state index in [0.717, 1.165) is 16.3 Å². The Hall–Kier alpha value is -1.42. The van der Waals surface area contributed by atoms with Gasteiger partial charge >= 0.3 is 0 Å². The normalized spacial score (nSPS) is 10.7. The van der Waals surface area contributed by atoms with Crippen molar-refractivity contribution in [1.29, 1.82) is 0 Å². The van der Waals surface area contributed by atoms with Gasteiger partial charge in [-0.2, -0.15) is 0 Å². The highest BCUT2D eigenvalue weighted by molar-refractivity contribution is 7.11. The van der Waals surface area contributed by atoms with E-state index in [2.05, 4.69) is 11.9 Å². The van der Waals surface area contributed by atoms with Gasteiger partial charge in [-0.1, -0.05) is 0 Å². The number of pyridine rings is 1. The average Bonchev–Trinajstić information content (AvgIpc) is 2.51. The quantitative estimate of drug-likeness (QED) is 0.799. The van der Waals surface area contributed by atoms with Crippen LogP contribution in [0.1, 0.15) is 21.1 Å². The Bertz CT molecular complexity index is 549. The second kappa shape index (κ2) is 4.22. The van der Waals surface area contributed by atoms with Crippen molar-refractivity contribution in [2.75, 3.05) is 0 Å². The van der Waals surface area contributed by atoms with Gasteiger partial charge in [0, 0.05) is 17.1 Å². The molecule has 0 atom stereocenters. The molecule has 0 spiro atoms. The highest BCUT2D eigenvalue weighted by Crippen LogP contribution is 2.16. The van der Waals surface area contributed by atoms with Crippen LogP contribution in [0.3, 0.4) is 0 Å². The largest absolute Gasteiger partial charge is 0.309 e. The maximum absolute atomic E-state index is 11.7. The second-order valence-corrected chi connectivity index (χ2v) is 5.21. The monoisotopic (exact) mass is 234 g/mol. The Balaban J connectivity index is 2.30. The number of aromatic nitrogens is 2. The molecule has 0 radical (unpaired) electrons. The molecule has 4 heteroatoms. The molecule has 0 bridgehead atoms. The first-order valence-corrected chi connectivity index (χ1v) is 5.98. The summed E-state index contributed by atoms with van der Waals surface area (Å²) in [4.78, 5) is 17.3. The van der Waals surface area contributed by atoms with Gasteiger partial charge in [-0.05, 0) is 32.4 Å². The second-order valence-electron chi connectivity index (χ2n) is 3.92. The van der Waals surface area contributed by atoms with Crippen LogP contribution in [-0.4, -0.2) is 9.55 Å². The molecule has 3 nitrogen and oxygen atoms in total. The van der Waals surface area contributed by atoms with Crippen LogP contribution in [0.15, 0.2) is 23.1 Å². The highest BCUT2D eigenvalue weighted by Gasteiger charge is 2.05. The van der Waals surface area contributed by atoms with Crippen LogP contribution in [0.4, 0.5) is 0 Å². The number of nitrogens with zero attached hydrogens (tertiary/aromatic N) is 2. The Labute approximate surface area is 98.4 Å². The third kappa shape index (κ3) is 2.22. The van der Waals surface area contributed by atoms with E-state index in [0.29, 0.717) is 6.54 Å². The predicted octanol–water partition coefficient (Wildman–Crippen LogP) is 2.28. The lowest BCUT2D eigenvalue weighted by Crippen LogP contribution is -2.19. The van der Waals surface area contributed by atoms with Crippen LogP contribution in [-0.2, 0) is 6.54 Å². The van der Waals surface area contributed by atoms with Gasteiger partial charge in [0.05, 0.1) is 12.2 Å². The summed E-state index contributed by atoms with van der Waals surface area (Å²) in [6, 6.07) is 3.59. The van der Waals surface area contributed by atoms with E-state index in [1.807, 2.05) is 26.1 Å². The van der Waals surface area contributed by atoms with E-state index in [9.17, 15) is 4.79 Å². The smallest absolute Gasteiger partial charge is 0.251 e. The summed E-state index contributed by atoms with van der Waals surface area (Å²) in [6.45, 7) is 6.53. The van der Waals surface area contributed by atoms with E-state index >= 15 is 0 Å². The van der Waals surface area contributed by atoms with E-state index in [1.165, 1.54) is 4.88 Å². The molecule has 2 aromatic heterocycles. The molecule has 0 N–H and O–H groups in total. The van der Waals surface area contributed by atoms with Crippen molar-refractivity contribution in [1.82, 2.24) is 9.55 Å². The molecule has 84 valence electrons. The minimum Gasteiger partial charge on any atom is -0.309 e. The van der Waals surface area contributed by atoms with Crippen molar-refractivity contribution >= 4 is 11.3 Å². The minimum absolute atomic E-state index is 0.0329. The van der Waals surface area contributed by atoms with Crippen molar-refractivity contribution < 1.29 is 0 Å². The zero-order valence-electron chi connectivity index (χ0n) is 9.65. The SMILES string of the molecule is Cc1ccn(Cc2nc(C)c(C)s2)c(=O)c1. The fraction of sp³-hybridized carbons (Fsp3) is 0.333. The van der Waals surface area contributed by atoms with Gasteiger partial charge in [-0.25, -0.2) is 4.98 Å². The lowest BCUT2D eigenvalue weighted by molar-refractivity contribution is 0.750. The number of aryl methyl sites for hydroxylation is 3. The first kappa shape index (κ1) is 11.1. The highest BCUT2D eigenvalue weighted by atomic mass is 32.1.